The van der Waals surface area contributed by atoms with Crippen LogP contribution in [-0.2, 0) is 0 Å². The minimum atomic E-state index is -3.15. The molecule has 13 heteroatoms. The molecule has 0 rings (SSSR count). The Morgan fingerprint density at radius 1 is 0.364 bits per heavy atom. The molecule has 0 unspecified atom stereocenters. The Balaban J connectivity index is 7.75. The first-order valence-electron chi connectivity index (χ1n) is 10.7. The summed E-state index contributed by atoms with van der Waals surface area (Å²) in [6.07, 6.45) is 0. The Kier molecular flexibility index (Phi) is 11.7. The summed E-state index contributed by atoms with van der Waals surface area (Å²) in [6.45, 7) is 0. The van der Waals surface area contributed by atoms with Gasteiger partial charge in [-0.05, 0) is 0 Å². The second-order valence-corrected chi connectivity index (χ2v) is 12.4. The predicted octanol–water partition coefficient (Wildman–Crippen LogP) is 0.313. The fourth-order valence-corrected chi connectivity index (χ4v) is 9.46. The molecule has 0 saturated heterocycles. The van der Waals surface area contributed by atoms with E-state index in [1.54, 1.807) is 0 Å². The molecule has 0 saturated carbocycles. The zero-order valence-corrected chi connectivity index (χ0v) is 24.9. The Morgan fingerprint density at radius 3 is 0.606 bits per heavy atom. The van der Waals surface area contributed by atoms with Crippen molar-refractivity contribution < 1.29 is 0 Å². The van der Waals surface area contributed by atoms with Crippen LogP contribution in [0.5, 0.6) is 0 Å². The van der Waals surface area contributed by atoms with Gasteiger partial charge in [-0.25, -0.2) is 0 Å². The van der Waals surface area contributed by atoms with E-state index in [0.717, 1.165) is 23.8 Å². The van der Waals surface area contributed by atoms with E-state index in [0.29, 0.717) is 0 Å². The Morgan fingerprint density at radius 2 is 0.515 bits per heavy atom. The van der Waals surface area contributed by atoms with Crippen molar-refractivity contribution in [1.82, 2.24) is 38.3 Å². The molecule has 0 aromatic carbocycles. The van der Waals surface area contributed by atoms with Crippen LogP contribution < -0.4 is 0 Å². The molecule has 0 aromatic heterocycles. The van der Waals surface area contributed by atoms with Gasteiger partial charge in [0.05, 0.1) is 0 Å². The molecule has 0 atom stereocenters. The summed E-state index contributed by atoms with van der Waals surface area (Å²) in [5.74, 6) is 3.30. The molecule has 0 aromatic rings. The van der Waals surface area contributed by atoms with E-state index in [9.17, 15) is 0 Å². The molecule has 33 heavy (non-hydrogen) atoms. The van der Waals surface area contributed by atoms with E-state index in [2.05, 4.69) is 66.8 Å². The van der Waals surface area contributed by atoms with Gasteiger partial charge in [0.25, 0.3) is 0 Å². The van der Waals surface area contributed by atoms with Crippen LogP contribution in [0, 0.1) is 0 Å². The van der Waals surface area contributed by atoms with Gasteiger partial charge in [0, 0.05) is 0 Å². The van der Waals surface area contributed by atoms with Crippen molar-refractivity contribution in [2.45, 2.75) is 0 Å². The van der Waals surface area contributed by atoms with Gasteiger partial charge in [-0.3, -0.25) is 0 Å². The number of hydrogen-bond acceptors (Lipinski definition) is 4. The summed E-state index contributed by atoms with van der Waals surface area (Å²) in [6, 6.07) is 0. The fraction of sp³-hybridized carbons (Fsp3) is 0.800. The predicted molar refractivity (Wildman–Crippen MR) is 148 cm³/mol. The van der Waals surface area contributed by atoms with Crippen LogP contribution in [-0.4, -0.2) is 175 Å². The van der Waals surface area contributed by atoms with Crippen LogP contribution in [0.4, 0.5) is 0 Å². The number of guanidine groups is 4. The van der Waals surface area contributed by atoms with Crippen molar-refractivity contribution in [3.63, 3.8) is 0 Å². The Labute approximate surface area is 203 Å². The molecule has 0 N–H and O–H groups in total. The van der Waals surface area contributed by atoms with Crippen LogP contribution in [0.25, 0.3) is 0 Å². The molecule has 0 bridgehead atoms. The van der Waals surface area contributed by atoms with Crippen LogP contribution in [0.1, 0.15) is 0 Å². The quantitative estimate of drug-likeness (QED) is 0.318. The first-order chi connectivity index (χ1) is 15.2. The number of hydrogen-bond donors (Lipinski definition) is 0. The van der Waals surface area contributed by atoms with Gasteiger partial charge in [-0.15, -0.1) is 0 Å². The zero-order chi connectivity index (χ0) is 26.3. The Hall–Kier alpha value is -2.49. The summed E-state index contributed by atoms with van der Waals surface area (Å²) in [7, 11) is 28.4. The van der Waals surface area contributed by atoms with Gasteiger partial charge in [-0.2, -0.15) is 0 Å². The van der Waals surface area contributed by atoms with Crippen LogP contribution >= 0.6 is 7.87 Å². The third-order valence-corrected chi connectivity index (χ3v) is 9.80. The molecule has 0 aliphatic heterocycles. The maximum atomic E-state index is 4.65. The molecule has 0 amide bonds. The average molecular weight is 489 g/mol. The molecule has 12 nitrogen and oxygen atoms in total. The molecule has 0 aliphatic rings. The summed E-state index contributed by atoms with van der Waals surface area (Å²) in [5, 5.41) is 0. The van der Waals surface area contributed by atoms with E-state index < -0.39 is 7.87 Å². The summed E-state index contributed by atoms with van der Waals surface area (Å²) in [5.41, 5.74) is 0. The third kappa shape index (κ3) is 5.90. The van der Waals surface area contributed by atoms with Crippen molar-refractivity contribution in [1.29, 1.82) is 0 Å². The molecule has 0 spiro atoms. The van der Waals surface area contributed by atoms with Gasteiger partial charge in [0.15, 0.2) is 0 Å². The van der Waals surface area contributed by atoms with E-state index in [1.165, 1.54) is 0 Å². The fourth-order valence-electron chi connectivity index (χ4n) is 4.49. The van der Waals surface area contributed by atoms with Gasteiger partial charge in [0.2, 0.25) is 0 Å². The van der Waals surface area contributed by atoms with Crippen molar-refractivity contribution in [3.05, 3.63) is 0 Å². The second-order valence-electron chi connectivity index (χ2n) is 8.51. The van der Waals surface area contributed by atoms with Gasteiger partial charge in [0.1, 0.15) is 0 Å². The summed E-state index contributed by atoms with van der Waals surface area (Å²) in [4.78, 5) is 26.7. The molecule has 0 heterocycles. The van der Waals surface area contributed by atoms with Gasteiger partial charge < -0.3 is 0 Å². The van der Waals surface area contributed by atoms with Crippen molar-refractivity contribution in [2.75, 3.05) is 113 Å². The van der Waals surface area contributed by atoms with Crippen molar-refractivity contribution in [3.8, 4) is 0 Å². The van der Waals surface area contributed by atoms with Crippen LogP contribution in [0.2, 0.25) is 0 Å². The summed E-state index contributed by atoms with van der Waals surface area (Å²) < 4.78 is 8.96. The van der Waals surface area contributed by atoms with E-state index in [-0.39, 0.29) is 0 Å². The summed E-state index contributed by atoms with van der Waals surface area (Å²) >= 11 is 0. The standard InChI is InChI=1S/C20H49N12P/c1-21-17(25(5)6)29(13)33(30(14)18(22-2)26(7)8,31(15)19(23-3)27(9)10)32(16)20(24-4)28(11)12/h33H,1-16H3/b21-17+,22-18+,23-19+,24-20+. The minimum absolute atomic E-state index is 0.824. The molecule has 0 aliphatic carbocycles. The normalized spacial score (nSPS) is 14.1. The van der Waals surface area contributed by atoms with Crippen LogP contribution in [0.3, 0.4) is 0 Å². The molecule has 194 valence electrons. The number of rotatable bonds is 4. The van der Waals surface area contributed by atoms with Crippen molar-refractivity contribution >= 4 is 31.7 Å². The van der Waals surface area contributed by atoms with E-state index in [1.807, 2.05) is 104 Å². The first kappa shape index (κ1) is 30.5. The maximum absolute atomic E-state index is 4.65. The SMILES string of the molecule is C/N=C(\N(C)C)N(C)[PH](N(C)/C(=N/C)N(C)C)(N(C)/C(=N/C)N(C)C)N(C)/C(=N/C)N(C)C. The van der Waals surface area contributed by atoms with E-state index >= 15 is 0 Å². The van der Waals surface area contributed by atoms with E-state index in [4.69, 9.17) is 0 Å². The zero-order valence-electron chi connectivity index (χ0n) is 23.9. The molecule has 0 radical (unpaired) electrons. The average Bonchev–Trinajstić information content (AvgIpc) is 2.69. The van der Waals surface area contributed by atoms with Crippen molar-refractivity contribution in [2.24, 2.45) is 20.0 Å². The monoisotopic (exact) mass is 488 g/mol. The number of nitrogens with zero attached hydrogens (tertiary/aromatic N) is 12. The van der Waals surface area contributed by atoms with Gasteiger partial charge >= 0.3 is 203 Å². The molecule has 0 fully saturated rings. The third-order valence-electron chi connectivity index (χ3n) is 5.40. The second kappa shape index (κ2) is 12.7. The topological polar surface area (TPSA) is 75.4 Å². The molecular formula is C20H49N12P. The number of aliphatic imine (C=N–C) groups is 4. The van der Waals surface area contributed by atoms with Gasteiger partial charge in [-0.1, -0.05) is 0 Å². The molecular weight excluding hydrogens is 439 g/mol. The Bertz CT molecular complexity index is 616. The first-order valence-corrected chi connectivity index (χ1v) is 12.5. The van der Waals surface area contributed by atoms with Crippen LogP contribution in [0.15, 0.2) is 20.0 Å².